The van der Waals surface area contributed by atoms with Crippen molar-refractivity contribution in [3.8, 4) is 0 Å². The smallest absolute Gasteiger partial charge is 0.256 e. The Morgan fingerprint density at radius 2 is 1.91 bits per heavy atom. The van der Waals surface area contributed by atoms with Crippen LogP contribution in [0.5, 0.6) is 0 Å². The lowest BCUT2D eigenvalue weighted by molar-refractivity contribution is -0.146. The molecular formula is C17H22FNO3. The van der Waals surface area contributed by atoms with Crippen LogP contribution in [0.25, 0.3) is 0 Å². The van der Waals surface area contributed by atoms with Crippen molar-refractivity contribution in [2.45, 2.75) is 31.8 Å². The predicted molar refractivity (Wildman–Crippen MR) is 79.7 cm³/mol. The molecule has 2 fully saturated rings. The van der Waals surface area contributed by atoms with Gasteiger partial charge in [-0.05, 0) is 48.8 Å². The van der Waals surface area contributed by atoms with E-state index in [4.69, 9.17) is 4.74 Å². The molecule has 22 heavy (non-hydrogen) atoms. The Morgan fingerprint density at radius 3 is 2.59 bits per heavy atom. The highest BCUT2D eigenvalue weighted by Gasteiger charge is 2.39. The number of hydrogen-bond donors (Lipinski definition) is 1. The summed E-state index contributed by atoms with van der Waals surface area (Å²) in [5, 5.41) is 10.3. The summed E-state index contributed by atoms with van der Waals surface area (Å²) in [6.45, 7) is 2.87. The van der Waals surface area contributed by atoms with Gasteiger partial charge in [0.25, 0.3) is 5.91 Å². The summed E-state index contributed by atoms with van der Waals surface area (Å²) in [5.74, 6) is -0.653. The molecule has 5 heteroatoms. The van der Waals surface area contributed by atoms with Crippen molar-refractivity contribution >= 4 is 5.91 Å². The van der Waals surface area contributed by atoms with Gasteiger partial charge in [0, 0.05) is 26.3 Å². The number of aliphatic hydroxyl groups excluding tert-OH is 1. The van der Waals surface area contributed by atoms with Gasteiger partial charge < -0.3 is 14.7 Å². The molecule has 0 unspecified atom stereocenters. The van der Waals surface area contributed by atoms with Crippen LogP contribution in [0.1, 0.15) is 37.4 Å². The molecule has 0 saturated carbocycles. The van der Waals surface area contributed by atoms with Gasteiger partial charge in [-0.25, -0.2) is 4.39 Å². The molecule has 3 rings (SSSR count). The van der Waals surface area contributed by atoms with Crippen molar-refractivity contribution < 1.29 is 19.0 Å². The molecule has 1 spiro atoms. The van der Waals surface area contributed by atoms with Gasteiger partial charge in [0.05, 0.1) is 0 Å². The second-order valence-corrected chi connectivity index (χ2v) is 6.43. The molecule has 1 aromatic carbocycles. The summed E-state index contributed by atoms with van der Waals surface area (Å²) in [5.41, 5.74) is 0.590. The Morgan fingerprint density at radius 1 is 1.23 bits per heavy atom. The molecule has 1 atom stereocenters. The molecule has 2 heterocycles. The molecule has 120 valence electrons. The molecule has 2 saturated heterocycles. The molecular weight excluding hydrogens is 285 g/mol. The van der Waals surface area contributed by atoms with Crippen molar-refractivity contribution in [2.24, 2.45) is 5.41 Å². The van der Waals surface area contributed by atoms with E-state index in [0.29, 0.717) is 18.7 Å². The number of hydrogen-bond acceptors (Lipinski definition) is 3. The molecule has 1 N–H and O–H groups in total. The normalized spacial score (nSPS) is 22.5. The number of likely N-dealkylation sites (tertiary alicyclic amines) is 1. The van der Waals surface area contributed by atoms with Crippen LogP contribution in [0.4, 0.5) is 4.39 Å². The summed E-state index contributed by atoms with van der Waals surface area (Å²) in [6.07, 6.45) is 2.82. The Bertz CT molecular complexity index is 520. The quantitative estimate of drug-likeness (QED) is 0.912. The average molecular weight is 307 g/mol. The fraction of sp³-hybridized carbons (Fsp3) is 0.588. The third-order valence-corrected chi connectivity index (χ3v) is 4.95. The van der Waals surface area contributed by atoms with E-state index in [9.17, 15) is 14.3 Å². The van der Waals surface area contributed by atoms with Crippen molar-refractivity contribution in [3.05, 3.63) is 35.6 Å². The van der Waals surface area contributed by atoms with Gasteiger partial charge in [-0.15, -0.1) is 0 Å². The number of carbonyl (C=O) groups excluding carboxylic acids is 1. The van der Waals surface area contributed by atoms with Crippen molar-refractivity contribution in [2.75, 3.05) is 26.3 Å². The minimum atomic E-state index is -1.21. The average Bonchev–Trinajstić information content (AvgIpc) is 2.55. The molecule has 0 aromatic heterocycles. The highest BCUT2D eigenvalue weighted by Crippen LogP contribution is 2.39. The lowest BCUT2D eigenvalue weighted by Gasteiger charge is -2.45. The molecule has 1 aromatic rings. The minimum Gasteiger partial charge on any atom is -0.381 e. The Balaban J connectivity index is 1.69. The van der Waals surface area contributed by atoms with Crippen LogP contribution in [-0.2, 0) is 9.53 Å². The Hall–Kier alpha value is -1.46. The molecule has 0 radical (unpaired) electrons. The third-order valence-electron chi connectivity index (χ3n) is 4.95. The standard InChI is InChI=1S/C17H22FNO3/c18-14-4-2-13(3-5-14)15(20)16(21)19-9-1-6-17(12-19)7-10-22-11-8-17/h2-5,15,20H,1,6-12H2/t15-/m0/s1. The van der Waals surface area contributed by atoms with Crippen LogP contribution in [0, 0.1) is 11.2 Å². The summed E-state index contributed by atoms with van der Waals surface area (Å²) in [6, 6.07) is 5.46. The number of piperidine rings is 1. The van der Waals surface area contributed by atoms with E-state index in [0.717, 1.165) is 38.9 Å². The number of halogens is 1. The zero-order valence-corrected chi connectivity index (χ0v) is 12.6. The minimum absolute atomic E-state index is 0.147. The van der Waals surface area contributed by atoms with Gasteiger partial charge in [0.15, 0.2) is 6.10 Å². The zero-order chi connectivity index (χ0) is 15.6. The van der Waals surface area contributed by atoms with Crippen LogP contribution in [0.15, 0.2) is 24.3 Å². The first-order valence-corrected chi connectivity index (χ1v) is 7.90. The SMILES string of the molecule is O=C([C@@H](O)c1ccc(F)cc1)N1CCCC2(CCOCC2)C1. The first kappa shape index (κ1) is 15.4. The first-order chi connectivity index (χ1) is 10.6. The molecule has 0 aliphatic carbocycles. The number of nitrogens with zero attached hydrogens (tertiary/aromatic N) is 1. The van der Waals surface area contributed by atoms with Gasteiger partial charge >= 0.3 is 0 Å². The van der Waals surface area contributed by atoms with Crippen molar-refractivity contribution in [3.63, 3.8) is 0 Å². The van der Waals surface area contributed by atoms with E-state index in [1.54, 1.807) is 4.90 Å². The van der Waals surface area contributed by atoms with Gasteiger partial charge in [0.2, 0.25) is 0 Å². The first-order valence-electron chi connectivity index (χ1n) is 7.90. The highest BCUT2D eigenvalue weighted by atomic mass is 19.1. The fourth-order valence-electron chi connectivity index (χ4n) is 3.57. The van der Waals surface area contributed by atoms with Crippen LogP contribution in [0.2, 0.25) is 0 Å². The van der Waals surface area contributed by atoms with Gasteiger partial charge in [0.1, 0.15) is 5.82 Å². The van der Waals surface area contributed by atoms with E-state index in [-0.39, 0.29) is 17.1 Å². The molecule has 2 aliphatic rings. The highest BCUT2D eigenvalue weighted by molar-refractivity contribution is 5.82. The van der Waals surface area contributed by atoms with Gasteiger partial charge in [-0.1, -0.05) is 12.1 Å². The number of rotatable bonds is 2. The Kier molecular flexibility index (Phi) is 4.45. The largest absolute Gasteiger partial charge is 0.381 e. The number of benzene rings is 1. The second-order valence-electron chi connectivity index (χ2n) is 6.43. The summed E-state index contributed by atoms with van der Waals surface area (Å²) in [4.78, 5) is 14.3. The number of amides is 1. The van der Waals surface area contributed by atoms with Crippen LogP contribution < -0.4 is 0 Å². The maximum atomic E-state index is 13.0. The molecule has 1 amide bonds. The lowest BCUT2D eigenvalue weighted by Crippen LogP contribution is -2.49. The number of carbonyl (C=O) groups is 1. The monoisotopic (exact) mass is 307 g/mol. The van der Waals surface area contributed by atoms with Crippen LogP contribution in [0.3, 0.4) is 0 Å². The van der Waals surface area contributed by atoms with E-state index in [1.807, 2.05) is 0 Å². The van der Waals surface area contributed by atoms with E-state index >= 15 is 0 Å². The van der Waals surface area contributed by atoms with Gasteiger partial charge in [-0.3, -0.25) is 4.79 Å². The number of aliphatic hydroxyl groups is 1. The maximum absolute atomic E-state index is 13.0. The van der Waals surface area contributed by atoms with Crippen molar-refractivity contribution in [1.82, 2.24) is 4.90 Å². The zero-order valence-electron chi connectivity index (χ0n) is 12.6. The third kappa shape index (κ3) is 3.15. The van der Waals surface area contributed by atoms with Gasteiger partial charge in [-0.2, -0.15) is 0 Å². The summed E-state index contributed by atoms with van der Waals surface area (Å²) in [7, 11) is 0. The van der Waals surface area contributed by atoms with E-state index in [1.165, 1.54) is 24.3 Å². The number of ether oxygens (including phenoxy) is 1. The van der Waals surface area contributed by atoms with Crippen LogP contribution >= 0.6 is 0 Å². The maximum Gasteiger partial charge on any atom is 0.256 e. The molecule has 0 bridgehead atoms. The predicted octanol–water partition coefficient (Wildman–Crippen LogP) is 2.28. The Labute approximate surface area is 129 Å². The molecule has 4 nitrogen and oxygen atoms in total. The fourth-order valence-corrected chi connectivity index (χ4v) is 3.57. The lowest BCUT2D eigenvalue weighted by atomic mass is 9.74. The van der Waals surface area contributed by atoms with Crippen LogP contribution in [-0.4, -0.2) is 42.2 Å². The summed E-state index contributed by atoms with van der Waals surface area (Å²) >= 11 is 0. The molecule has 2 aliphatic heterocycles. The van der Waals surface area contributed by atoms with Crippen molar-refractivity contribution in [1.29, 1.82) is 0 Å². The van der Waals surface area contributed by atoms with E-state index in [2.05, 4.69) is 0 Å². The summed E-state index contributed by atoms with van der Waals surface area (Å²) < 4.78 is 18.4. The topological polar surface area (TPSA) is 49.8 Å². The van der Waals surface area contributed by atoms with E-state index < -0.39 is 6.10 Å². The second kappa shape index (κ2) is 6.34.